The summed E-state index contributed by atoms with van der Waals surface area (Å²) in [4.78, 5) is 15.3. The molecule has 0 N–H and O–H groups in total. The van der Waals surface area contributed by atoms with Crippen LogP contribution in [0, 0.1) is 5.92 Å². The van der Waals surface area contributed by atoms with Crippen molar-refractivity contribution in [3.8, 4) is 11.3 Å². The summed E-state index contributed by atoms with van der Waals surface area (Å²) in [5.41, 5.74) is 2.19. The van der Waals surface area contributed by atoms with Gasteiger partial charge in [0.15, 0.2) is 15.5 Å². The number of aromatic nitrogens is 2. The Kier molecular flexibility index (Phi) is 5.12. The van der Waals surface area contributed by atoms with Crippen LogP contribution in [0.2, 0.25) is 0 Å². The van der Waals surface area contributed by atoms with Gasteiger partial charge in [0.25, 0.3) is 5.91 Å². The molecule has 0 saturated carbocycles. The van der Waals surface area contributed by atoms with Gasteiger partial charge in [0, 0.05) is 44.0 Å². The Balaban J connectivity index is 1.62. The van der Waals surface area contributed by atoms with Crippen LogP contribution in [0.1, 0.15) is 28.9 Å². The fourth-order valence-electron chi connectivity index (χ4n) is 4.53. The first kappa shape index (κ1) is 19.7. The van der Waals surface area contributed by atoms with Gasteiger partial charge in [-0.2, -0.15) is 5.10 Å². The van der Waals surface area contributed by atoms with Gasteiger partial charge in [0.05, 0.1) is 29.6 Å². The largest absolute Gasteiger partial charge is 0.381 e. The van der Waals surface area contributed by atoms with Crippen LogP contribution < -0.4 is 0 Å². The molecule has 2 aromatic rings. The van der Waals surface area contributed by atoms with Crippen LogP contribution in [0.5, 0.6) is 0 Å². The molecule has 0 aliphatic carbocycles. The number of carbonyl (C=O) groups excluding carboxylic acids is 1. The number of hydrogen-bond donors (Lipinski definition) is 0. The van der Waals surface area contributed by atoms with Crippen LogP contribution in [0.3, 0.4) is 0 Å². The van der Waals surface area contributed by atoms with E-state index in [1.54, 1.807) is 17.0 Å². The van der Waals surface area contributed by atoms with Crippen molar-refractivity contribution in [2.24, 2.45) is 5.92 Å². The van der Waals surface area contributed by atoms with Crippen LogP contribution in [-0.4, -0.2) is 68.5 Å². The number of nitrogens with zero attached hydrogens (tertiary/aromatic N) is 3. The van der Waals surface area contributed by atoms with Crippen LogP contribution in [0.4, 0.5) is 0 Å². The highest BCUT2D eigenvalue weighted by Gasteiger charge is 2.37. The highest BCUT2D eigenvalue weighted by Crippen LogP contribution is 2.40. The summed E-state index contributed by atoms with van der Waals surface area (Å²) in [6.07, 6.45) is 1.86. The third-order valence-electron chi connectivity index (χ3n) is 6.14. The molecule has 2 saturated heterocycles. The summed E-state index contributed by atoms with van der Waals surface area (Å²) in [6, 6.07) is 7.03. The summed E-state index contributed by atoms with van der Waals surface area (Å²) in [6.45, 7) is 4.04. The Hall–Kier alpha value is -2.23. The van der Waals surface area contributed by atoms with Gasteiger partial charge >= 0.3 is 0 Å². The van der Waals surface area contributed by atoms with E-state index in [1.165, 1.54) is 0 Å². The second-order valence-corrected chi connectivity index (χ2v) is 10.0. The molecule has 0 unspecified atom stereocenters. The maximum absolute atomic E-state index is 13.3. The fraction of sp³-hybridized carbons (Fsp3) is 0.524. The van der Waals surface area contributed by atoms with Crippen LogP contribution in [0.15, 0.2) is 29.2 Å². The topological polar surface area (TPSA) is 90.7 Å². The molecule has 0 spiro atoms. The number of ether oxygens (including phenoxy) is 2. The second-order valence-electron chi connectivity index (χ2n) is 8.07. The van der Waals surface area contributed by atoms with Crippen molar-refractivity contribution >= 4 is 15.7 Å². The average Bonchev–Trinajstić information content (AvgIpc) is 3.12. The minimum absolute atomic E-state index is 0.196. The Morgan fingerprint density at radius 1 is 1.07 bits per heavy atom. The SMILES string of the molecule is O=C(c1nn(CC2CCOCC2)c2c1CS(=O)(=O)c1ccccc1-2)N1CCOCC1. The van der Waals surface area contributed by atoms with Crippen molar-refractivity contribution in [1.82, 2.24) is 14.7 Å². The zero-order valence-electron chi connectivity index (χ0n) is 16.7. The highest BCUT2D eigenvalue weighted by molar-refractivity contribution is 7.90. The van der Waals surface area contributed by atoms with Gasteiger partial charge in [-0.3, -0.25) is 9.48 Å². The second kappa shape index (κ2) is 7.79. The van der Waals surface area contributed by atoms with E-state index in [9.17, 15) is 13.2 Å². The fourth-order valence-corrected chi connectivity index (χ4v) is 6.13. The molecule has 8 nitrogen and oxygen atoms in total. The van der Waals surface area contributed by atoms with Gasteiger partial charge in [-0.05, 0) is 24.8 Å². The van der Waals surface area contributed by atoms with E-state index < -0.39 is 9.84 Å². The first-order valence-corrected chi connectivity index (χ1v) is 12.1. The minimum Gasteiger partial charge on any atom is -0.381 e. The Morgan fingerprint density at radius 2 is 1.77 bits per heavy atom. The lowest BCUT2D eigenvalue weighted by Crippen LogP contribution is -2.41. The van der Waals surface area contributed by atoms with E-state index in [4.69, 9.17) is 14.6 Å². The Morgan fingerprint density at radius 3 is 2.53 bits per heavy atom. The maximum atomic E-state index is 13.3. The Bertz CT molecular complexity index is 1070. The van der Waals surface area contributed by atoms with E-state index >= 15 is 0 Å². The monoisotopic (exact) mass is 431 g/mol. The molecule has 160 valence electrons. The van der Waals surface area contributed by atoms with E-state index in [0.29, 0.717) is 54.8 Å². The van der Waals surface area contributed by atoms with Gasteiger partial charge in [0.2, 0.25) is 0 Å². The molecule has 1 aromatic carbocycles. The molecule has 5 rings (SSSR count). The summed E-state index contributed by atoms with van der Waals surface area (Å²) < 4.78 is 38.7. The van der Waals surface area contributed by atoms with Crippen LogP contribution in [-0.2, 0) is 31.6 Å². The lowest BCUT2D eigenvalue weighted by atomic mass is 9.99. The number of hydrogen-bond acceptors (Lipinski definition) is 6. The summed E-state index contributed by atoms with van der Waals surface area (Å²) in [5.74, 6) is -0.0203. The van der Waals surface area contributed by atoms with Crippen LogP contribution in [0.25, 0.3) is 11.3 Å². The van der Waals surface area contributed by atoms with Crippen molar-refractivity contribution in [2.75, 3.05) is 39.5 Å². The molecule has 4 heterocycles. The van der Waals surface area contributed by atoms with Crippen molar-refractivity contribution in [3.05, 3.63) is 35.5 Å². The van der Waals surface area contributed by atoms with Gasteiger partial charge < -0.3 is 14.4 Å². The predicted molar refractivity (Wildman–Crippen MR) is 109 cm³/mol. The molecule has 0 bridgehead atoms. The van der Waals surface area contributed by atoms with E-state index in [-0.39, 0.29) is 17.4 Å². The normalized spacial score (nSPS) is 21.1. The zero-order valence-corrected chi connectivity index (χ0v) is 17.6. The summed E-state index contributed by atoms with van der Waals surface area (Å²) in [5, 5.41) is 4.70. The number of amides is 1. The number of morpholine rings is 1. The molecule has 0 radical (unpaired) electrons. The van der Waals surface area contributed by atoms with Crippen molar-refractivity contribution in [2.45, 2.75) is 30.0 Å². The molecular formula is C21H25N3O5S. The summed E-state index contributed by atoms with van der Waals surface area (Å²) in [7, 11) is -3.53. The predicted octanol–water partition coefficient (Wildman–Crippen LogP) is 1.74. The number of benzene rings is 1. The maximum Gasteiger partial charge on any atom is 0.274 e. The minimum atomic E-state index is -3.53. The molecule has 2 fully saturated rings. The van der Waals surface area contributed by atoms with Gasteiger partial charge in [-0.15, -0.1) is 0 Å². The van der Waals surface area contributed by atoms with Crippen molar-refractivity contribution < 1.29 is 22.7 Å². The van der Waals surface area contributed by atoms with Crippen LogP contribution >= 0.6 is 0 Å². The number of carbonyl (C=O) groups is 1. The highest BCUT2D eigenvalue weighted by atomic mass is 32.2. The average molecular weight is 432 g/mol. The van der Waals surface area contributed by atoms with E-state index in [1.807, 2.05) is 16.8 Å². The molecule has 1 amide bonds. The molecular weight excluding hydrogens is 406 g/mol. The van der Waals surface area contributed by atoms with Gasteiger partial charge in [-0.1, -0.05) is 18.2 Å². The lowest BCUT2D eigenvalue weighted by molar-refractivity contribution is 0.0297. The number of sulfone groups is 1. The quantitative estimate of drug-likeness (QED) is 0.735. The number of fused-ring (bicyclic) bond motifs is 3. The molecule has 9 heteroatoms. The zero-order chi connectivity index (χ0) is 20.7. The van der Waals surface area contributed by atoms with Crippen molar-refractivity contribution in [1.29, 1.82) is 0 Å². The molecule has 3 aliphatic rings. The summed E-state index contributed by atoms with van der Waals surface area (Å²) >= 11 is 0. The number of rotatable bonds is 3. The first-order valence-electron chi connectivity index (χ1n) is 10.4. The lowest BCUT2D eigenvalue weighted by Gasteiger charge is -2.26. The molecule has 3 aliphatic heterocycles. The molecule has 1 aromatic heterocycles. The Labute approximate surface area is 175 Å². The standard InChI is InChI=1S/C21H25N3O5S/c25-21(23-7-11-29-12-8-23)19-17-14-30(26,27)18-4-2-1-3-16(18)20(17)24(22-19)13-15-5-9-28-10-6-15/h1-4,15H,5-14H2. The smallest absolute Gasteiger partial charge is 0.274 e. The third kappa shape index (κ3) is 3.44. The van der Waals surface area contributed by atoms with Gasteiger partial charge in [-0.25, -0.2) is 8.42 Å². The third-order valence-corrected chi connectivity index (χ3v) is 7.83. The first-order chi connectivity index (χ1) is 14.5. The molecule has 30 heavy (non-hydrogen) atoms. The van der Waals surface area contributed by atoms with E-state index in [2.05, 4.69) is 0 Å². The van der Waals surface area contributed by atoms with Gasteiger partial charge in [0.1, 0.15) is 0 Å². The van der Waals surface area contributed by atoms with Crippen molar-refractivity contribution in [3.63, 3.8) is 0 Å². The van der Waals surface area contributed by atoms with E-state index in [0.717, 1.165) is 31.7 Å². The molecule has 0 atom stereocenters.